The van der Waals surface area contributed by atoms with Crippen LogP contribution in [0.5, 0.6) is 0 Å². The fourth-order valence-corrected chi connectivity index (χ4v) is 2.94. The van der Waals surface area contributed by atoms with Crippen molar-refractivity contribution < 1.29 is 5.21 Å². The number of oxime groups is 1. The van der Waals surface area contributed by atoms with Crippen LogP contribution in [0.1, 0.15) is 11.1 Å². The number of nitrogens with two attached hydrogens (primary N) is 1. The molecule has 0 aliphatic rings. The van der Waals surface area contributed by atoms with Crippen molar-refractivity contribution in [3.8, 4) is 0 Å². The van der Waals surface area contributed by atoms with Gasteiger partial charge in [0.2, 0.25) is 0 Å². The highest BCUT2D eigenvalue weighted by atomic mass is 79.9. The first-order valence-electron chi connectivity index (χ1n) is 5.62. The summed E-state index contributed by atoms with van der Waals surface area (Å²) in [6.45, 7) is 0.838. The van der Waals surface area contributed by atoms with Crippen LogP contribution >= 0.6 is 27.3 Å². The first kappa shape index (κ1) is 13.9. The number of hydrogen-bond donors (Lipinski definition) is 2. The maximum absolute atomic E-state index is 8.61. The van der Waals surface area contributed by atoms with Crippen molar-refractivity contribution in [3.63, 3.8) is 0 Å². The second kappa shape index (κ2) is 6.08. The molecule has 2 rings (SSSR count). The Morgan fingerprint density at radius 2 is 2.11 bits per heavy atom. The van der Waals surface area contributed by atoms with E-state index in [1.807, 2.05) is 31.3 Å². The van der Waals surface area contributed by atoms with Gasteiger partial charge in [-0.1, -0.05) is 5.16 Å². The van der Waals surface area contributed by atoms with Gasteiger partial charge in [0.1, 0.15) is 0 Å². The molecule has 19 heavy (non-hydrogen) atoms. The Morgan fingerprint density at radius 1 is 1.42 bits per heavy atom. The standard InChI is InChI=1S/C13H14BrN3OS/c1-17(7-9-6-12(14)19-8-9)11-4-2-10(3-5-11)13(15)16-18/h2-6,8,18H,7H2,1H3,(H2,15,16). The van der Waals surface area contributed by atoms with Gasteiger partial charge in [0, 0.05) is 24.8 Å². The number of anilines is 1. The van der Waals surface area contributed by atoms with Crippen LogP contribution in [0.4, 0.5) is 5.69 Å². The smallest absolute Gasteiger partial charge is 0.170 e. The molecule has 0 amide bonds. The van der Waals surface area contributed by atoms with E-state index >= 15 is 0 Å². The van der Waals surface area contributed by atoms with Crippen molar-refractivity contribution in [1.82, 2.24) is 0 Å². The van der Waals surface area contributed by atoms with Crippen molar-refractivity contribution in [2.75, 3.05) is 11.9 Å². The lowest BCUT2D eigenvalue weighted by Crippen LogP contribution is -2.17. The van der Waals surface area contributed by atoms with E-state index in [0.29, 0.717) is 5.56 Å². The topological polar surface area (TPSA) is 61.8 Å². The number of nitrogens with zero attached hydrogens (tertiary/aromatic N) is 2. The molecule has 1 heterocycles. The van der Waals surface area contributed by atoms with Crippen molar-refractivity contribution in [2.24, 2.45) is 10.9 Å². The third-order valence-electron chi connectivity index (χ3n) is 2.75. The van der Waals surface area contributed by atoms with Crippen LogP contribution in [0.3, 0.4) is 0 Å². The van der Waals surface area contributed by atoms with Crippen molar-refractivity contribution >= 4 is 38.8 Å². The van der Waals surface area contributed by atoms with Gasteiger partial charge in [-0.3, -0.25) is 0 Å². The van der Waals surface area contributed by atoms with Crippen molar-refractivity contribution in [2.45, 2.75) is 6.54 Å². The Bertz CT molecular complexity index is 580. The summed E-state index contributed by atoms with van der Waals surface area (Å²) in [5.74, 6) is 0.121. The Kier molecular flexibility index (Phi) is 4.44. The molecule has 100 valence electrons. The zero-order valence-electron chi connectivity index (χ0n) is 10.4. The van der Waals surface area contributed by atoms with E-state index in [9.17, 15) is 0 Å². The predicted octanol–water partition coefficient (Wildman–Crippen LogP) is 3.24. The molecule has 2 aromatic rings. The van der Waals surface area contributed by atoms with Crippen molar-refractivity contribution in [3.05, 3.63) is 50.6 Å². The summed E-state index contributed by atoms with van der Waals surface area (Å²) in [5.41, 5.74) is 8.58. The van der Waals surface area contributed by atoms with Gasteiger partial charge in [-0.15, -0.1) is 11.3 Å². The Balaban J connectivity index is 2.09. The van der Waals surface area contributed by atoms with E-state index in [2.05, 4.69) is 37.4 Å². The fraction of sp³-hybridized carbons (Fsp3) is 0.154. The van der Waals surface area contributed by atoms with Crippen LogP contribution in [0.25, 0.3) is 0 Å². The first-order chi connectivity index (χ1) is 9.10. The molecule has 1 aromatic carbocycles. The van der Waals surface area contributed by atoms with Crippen LogP contribution < -0.4 is 10.6 Å². The molecule has 0 saturated heterocycles. The lowest BCUT2D eigenvalue weighted by molar-refractivity contribution is 0.318. The highest BCUT2D eigenvalue weighted by Crippen LogP contribution is 2.23. The number of halogens is 1. The average Bonchev–Trinajstić information content (AvgIpc) is 2.83. The highest BCUT2D eigenvalue weighted by Gasteiger charge is 2.05. The molecule has 0 radical (unpaired) electrons. The Hall–Kier alpha value is -1.53. The van der Waals surface area contributed by atoms with E-state index in [1.54, 1.807) is 11.3 Å². The van der Waals surface area contributed by atoms with E-state index < -0.39 is 0 Å². The van der Waals surface area contributed by atoms with Crippen LogP contribution in [0.15, 0.2) is 44.7 Å². The third kappa shape index (κ3) is 3.48. The second-order valence-corrected chi connectivity index (χ2v) is 6.44. The van der Waals surface area contributed by atoms with Gasteiger partial charge >= 0.3 is 0 Å². The molecule has 0 unspecified atom stereocenters. The molecule has 3 N–H and O–H groups in total. The molecule has 0 saturated carbocycles. The Morgan fingerprint density at radius 3 is 2.63 bits per heavy atom. The quantitative estimate of drug-likeness (QED) is 0.389. The molecule has 6 heteroatoms. The maximum Gasteiger partial charge on any atom is 0.170 e. The number of rotatable bonds is 4. The summed E-state index contributed by atoms with van der Waals surface area (Å²) in [7, 11) is 2.03. The molecular weight excluding hydrogens is 326 g/mol. The molecule has 0 fully saturated rings. The molecule has 0 aliphatic carbocycles. The molecule has 0 spiro atoms. The second-order valence-electron chi connectivity index (χ2n) is 4.15. The van der Waals surface area contributed by atoms with Gasteiger partial charge in [-0.25, -0.2) is 0 Å². The summed E-state index contributed by atoms with van der Waals surface area (Å²) >= 11 is 5.14. The van der Waals surface area contributed by atoms with Gasteiger partial charge in [-0.2, -0.15) is 0 Å². The normalized spacial score (nSPS) is 11.6. The van der Waals surface area contributed by atoms with Gasteiger partial charge in [0.05, 0.1) is 3.79 Å². The number of amidine groups is 1. The van der Waals surface area contributed by atoms with E-state index in [1.165, 1.54) is 5.56 Å². The highest BCUT2D eigenvalue weighted by molar-refractivity contribution is 9.11. The minimum Gasteiger partial charge on any atom is -0.409 e. The molecule has 0 aliphatic heterocycles. The van der Waals surface area contributed by atoms with Gasteiger partial charge in [0.15, 0.2) is 5.84 Å². The molecular formula is C13H14BrN3OS. The zero-order chi connectivity index (χ0) is 13.8. The lowest BCUT2D eigenvalue weighted by Gasteiger charge is -2.18. The van der Waals surface area contributed by atoms with Gasteiger partial charge in [-0.05, 0) is 57.2 Å². The summed E-state index contributed by atoms with van der Waals surface area (Å²) in [4.78, 5) is 2.14. The van der Waals surface area contributed by atoms with Crippen LogP contribution in [0.2, 0.25) is 0 Å². The SMILES string of the molecule is CN(Cc1csc(Br)c1)c1ccc(C(N)=NO)cc1. The molecule has 1 aromatic heterocycles. The van der Waals surface area contributed by atoms with Crippen LogP contribution in [-0.4, -0.2) is 18.1 Å². The largest absolute Gasteiger partial charge is 0.409 e. The van der Waals surface area contributed by atoms with Gasteiger partial charge < -0.3 is 15.8 Å². The van der Waals surface area contributed by atoms with E-state index in [0.717, 1.165) is 16.0 Å². The van der Waals surface area contributed by atoms with E-state index in [-0.39, 0.29) is 5.84 Å². The van der Waals surface area contributed by atoms with Crippen molar-refractivity contribution in [1.29, 1.82) is 0 Å². The predicted molar refractivity (Wildman–Crippen MR) is 83.1 cm³/mol. The van der Waals surface area contributed by atoms with Crippen LogP contribution in [-0.2, 0) is 6.54 Å². The van der Waals surface area contributed by atoms with Gasteiger partial charge in [0.25, 0.3) is 0 Å². The molecule has 0 bridgehead atoms. The van der Waals surface area contributed by atoms with Crippen LogP contribution in [0, 0.1) is 0 Å². The minimum absolute atomic E-state index is 0.121. The zero-order valence-corrected chi connectivity index (χ0v) is 12.8. The monoisotopic (exact) mass is 339 g/mol. The lowest BCUT2D eigenvalue weighted by atomic mass is 10.2. The number of thiophene rings is 1. The summed E-state index contributed by atoms with van der Waals surface area (Å²) in [6, 6.07) is 9.70. The summed E-state index contributed by atoms with van der Waals surface area (Å²) < 4.78 is 1.14. The number of benzene rings is 1. The minimum atomic E-state index is 0.121. The summed E-state index contributed by atoms with van der Waals surface area (Å²) in [5, 5.41) is 13.7. The average molecular weight is 340 g/mol. The third-order valence-corrected chi connectivity index (χ3v) is 4.31. The Labute approximate surface area is 124 Å². The number of hydrogen-bond acceptors (Lipinski definition) is 4. The first-order valence-corrected chi connectivity index (χ1v) is 7.29. The summed E-state index contributed by atoms with van der Waals surface area (Å²) in [6.07, 6.45) is 0. The maximum atomic E-state index is 8.61. The molecule has 0 atom stereocenters. The fourth-order valence-electron chi connectivity index (χ4n) is 1.74. The van der Waals surface area contributed by atoms with E-state index in [4.69, 9.17) is 10.9 Å². The molecule has 4 nitrogen and oxygen atoms in total.